The van der Waals surface area contributed by atoms with Crippen LogP contribution in [0.25, 0.3) is 5.69 Å². The molecule has 0 spiro atoms. The normalized spacial score (nSPS) is 11.9. The number of Topliss-reactive ketones (excluding diaryl/α,β-unsaturated/α-hetero) is 1. The number of aliphatic carboxylic acids is 1. The maximum Gasteiger partial charge on any atom is 0.314 e. The highest BCUT2D eigenvalue weighted by molar-refractivity contribution is 6.08. The lowest BCUT2D eigenvalue weighted by molar-refractivity contribution is -0.384. The van der Waals surface area contributed by atoms with Crippen molar-refractivity contribution in [1.29, 1.82) is 0 Å². The standard InChI is InChI=1S/C14H13N3O5/c1-8(14(19)20)13(18)12-7-15-16(9(12)2)10-3-5-11(6-4-10)17(21)22/h3-8H,1-2H3,(H,19,20). The number of non-ortho nitro benzene ring substituents is 1. The summed E-state index contributed by atoms with van der Waals surface area (Å²) in [5, 5.41) is 23.6. The second-order valence-corrected chi connectivity index (χ2v) is 4.75. The maximum absolute atomic E-state index is 12.1. The predicted octanol–water partition coefficient (Wildman–Crippen LogP) is 1.99. The minimum absolute atomic E-state index is 0.0515. The largest absolute Gasteiger partial charge is 0.481 e. The molecule has 0 amide bonds. The Kier molecular flexibility index (Phi) is 4.02. The summed E-state index contributed by atoms with van der Waals surface area (Å²) in [5.41, 5.74) is 1.19. The topological polar surface area (TPSA) is 115 Å². The van der Waals surface area contributed by atoms with Crippen LogP contribution in [0, 0.1) is 23.0 Å². The third-order valence-electron chi connectivity index (χ3n) is 3.34. The summed E-state index contributed by atoms with van der Waals surface area (Å²) >= 11 is 0. The number of carboxylic acid groups (broad SMARTS) is 1. The van der Waals surface area contributed by atoms with E-state index < -0.39 is 22.6 Å². The summed E-state index contributed by atoms with van der Waals surface area (Å²) in [5.74, 6) is -2.89. The van der Waals surface area contributed by atoms with E-state index in [2.05, 4.69) is 5.10 Å². The zero-order valence-electron chi connectivity index (χ0n) is 11.9. The fourth-order valence-electron chi connectivity index (χ4n) is 1.97. The number of benzene rings is 1. The minimum Gasteiger partial charge on any atom is -0.481 e. The van der Waals surface area contributed by atoms with Gasteiger partial charge in [0.25, 0.3) is 5.69 Å². The summed E-state index contributed by atoms with van der Waals surface area (Å²) in [6, 6.07) is 5.68. The first kappa shape index (κ1) is 15.4. The van der Waals surface area contributed by atoms with Crippen LogP contribution in [-0.2, 0) is 4.79 Å². The van der Waals surface area contributed by atoms with Crippen molar-refractivity contribution in [3.05, 3.63) is 51.8 Å². The first-order valence-electron chi connectivity index (χ1n) is 6.39. The third kappa shape index (κ3) is 2.71. The van der Waals surface area contributed by atoms with Crippen molar-refractivity contribution < 1.29 is 19.6 Å². The van der Waals surface area contributed by atoms with Crippen LogP contribution < -0.4 is 0 Å². The van der Waals surface area contributed by atoms with Gasteiger partial charge in [-0.05, 0) is 26.0 Å². The number of carbonyl (C=O) groups excluding carboxylic acids is 1. The van der Waals surface area contributed by atoms with E-state index in [9.17, 15) is 19.7 Å². The predicted molar refractivity (Wildman–Crippen MR) is 76.1 cm³/mol. The molecule has 0 aliphatic heterocycles. The molecule has 0 aliphatic rings. The van der Waals surface area contributed by atoms with Gasteiger partial charge in [0.1, 0.15) is 5.92 Å². The van der Waals surface area contributed by atoms with E-state index >= 15 is 0 Å². The number of hydrogen-bond donors (Lipinski definition) is 1. The maximum atomic E-state index is 12.1. The lowest BCUT2D eigenvalue weighted by atomic mass is 10.0. The van der Waals surface area contributed by atoms with E-state index in [1.165, 1.54) is 42.1 Å². The summed E-state index contributed by atoms with van der Waals surface area (Å²) in [6.45, 7) is 2.95. The van der Waals surface area contributed by atoms with Crippen molar-refractivity contribution in [2.45, 2.75) is 13.8 Å². The van der Waals surface area contributed by atoms with Crippen molar-refractivity contribution in [2.24, 2.45) is 5.92 Å². The molecule has 2 aromatic rings. The second-order valence-electron chi connectivity index (χ2n) is 4.75. The van der Waals surface area contributed by atoms with Gasteiger partial charge in [-0.1, -0.05) is 0 Å². The van der Waals surface area contributed by atoms with Gasteiger partial charge in [-0.25, -0.2) is 4.68 Å². The number of carbonyl (C=O) groups is 2. The molecule has 1 aromatic carbocycles. The number of rotatable bonds is 5. The van der Waals surface area contributed by atoms with Gasteiger partial charge in [0.15, 0.2) is 5.78 Å². The lowest BCUT2D eigenvalue weighted by Crippen LogP contribution is -2.21. The van der Waals surface area contributed by atoms with Crippen LogP contribution in [-0.4, -0.2) is 31.6 Å². The average Bonchev–Trinajstić information content (AvgIpc) is 2.87. The molecular formula is C14H13N3O5. The van der Waals surface area contributed by atoms with E-state index in [1.807, 2.05) is 0 Å². The van der Waals surface area contributed by atoms with Crippen molar-refractivity contribution in [3.8, 4) is 5.69 Å². The molecule has 1 heterocycles. The number of aromatic nitrogens is 2. The van der Waals surface area contributed by atoms with E-state index in [4.69, 9.17) is 5.11 Å². The molecule has 1 atom stereocenters. The summed E-state index contributed by atoms with van der Waals surface area (Å²) in [4.78, 5) is 33.1. The zero-order valence-corrected chi connectivity index (χ0v) is 11.9. The third-order valence-corrected chi connectivity index (χ3v) is 3.34. The van der Waals surface area contributed by atoms with Crippen LogP contribution in [0.5, 0.6) is 0 Å². The van der Waals surface area contributed by atoms with Gasteiger partial charge in [0, 0.05) is 12.1 Å². The lowest BCUT2D eigenvalue weighted by Gasteiger charge is -2.07. The Bertz CT molecular complexity index is 748. The monoisotopic (exact) mass is 303 g/mol. The molecule has 0 radical (unpaired) electrons. The molecule has 2 rings (SSSR count). The highest BCUT2D eigenvalue weighted by atomic mass is 16.6. The van der Waals surface area contributed by atoms with Crippen molar-refractivity contribution in [1.82, 2.24) is 9.78 Å². The summed E-state index contributed by atoms with van der Waals surface area (Å²) < 4.78 is 1.44. The Balaban J connectivity index is 2.37. The van der Waals surface area contributed by atoms with Gasteiger partial charge in [-0.3, -0.25) is 19.7 Å². The van der Waals surface area contributed by atoms with Gasteiger partial charge < -0.3 is 5.11 Å². The number of carboxylic acids is 1. The number of hydrogen-bond acceptors (Lipinski definition) is 5. The fraction of sp³-hybridized carbons (Fsp3) is 0.214. The quantitative estimate of drug-likeness (QED) is 0.391. The van der Waals surface area contributed by atoms with Gasteiger partial charge in [-0.15, -0.1) is 0 Å². The number of nitro groups is 1. The summed E-state index contributed by atoms with van der Waals surface area (Å²) in [7, 11) is 0. The molecule has 0 fully saturated rings. The molecule has 0 saturated heterocycles. The van der Waals surface area contributed by atoms with Crippen LogP contribution in [0.4, 0.5) is 5.69 Å². The number of ketones is 1. The molecule has 114 valence electrons. The number of nitrogens with zero attached hydrogens (tertiary/aromatic N) is 3. The number of nitro benzene ring substituents is 1. The average molecular weight is 303 g/mol. The minimum atomic E-state index is -1.20. The van der Waals surface area contributed by atoms with Crippen LogP contribution in [0.2, 0.25) is 0 Å². The molecule has 0 saturated carbocycles. The van der Waals surface area contributed by atoms with Crippen LogP contribution in [0.1, 0.15) is 23.0 Å². The van der Waals surface area contributed by atoms with Crippen molar-refractivity contribution in [2.75, 3.05) is 0 Å². The van der Waals surface area contributed by atoms with Crippen LogP contribution in [0.3, 0.4) is 0 Å². The zero-order chi connectivity index (χ0) is 16.4. The smallest absolute Gasteiger partial charge is 0.314 e. The first-order chi connectivity index (χ1) is 10.3. The Morgan fingerprint density at radius 1 is 1.32 bits per heavy atom. The molecule has 1 unspecified atom stereocenters. The van der Waals surface area contributed by atoms with Crippen molar-refractivity contribution in [3.63, 3.8) is 0 Å². The van der Waals surface area contributed by atoms with E-state index in [0.29, 0.717) is 11.4 Å². The highest BCUT2D eigenvalue weighted by Crippen LogP contribution is 2.19. The van der Waals surface area contributed by atoms with Crippen molar-refractivity contribution >= 4 is 17.4 Å². The Hall–Kier alpha value is -3.03. The second kappa shape index (κ2) is 5.76. The molecule has 8 nitrogen and oxygen atoms in total. The first-order valence-corrected chi connectivity index (χ1v) is 6.39. The SMILES string of the molecule is Cc1c(C(=O)C(C)C(=O)O)cnn1-c1ccc([N+](=O)[O-])cc1. The molecule has 0 aliphatic carbocycles. The van der Waals surface area contributed by atoms with Crippen LogP contribution in [0.15, 0.2) is 30.5 Å². The summed E-state index contributed by atoms with van der Waals surface area (Å²) in [6.07, 6.45) is 1.30. The van der Waals surface area contributed by atoms with Gasteiger partial charge in [0.2, 0.25) is 0 Å². The Morgan fingerprint density at radius 2 is 1.91 bits per heavy atom. The fourth-order valence-corrected chi connectivity index (χ4v) is 1.97. The molecule has 0 bridgehead atoms. The Morgan fingerprint density at radius 3 is 2.41 bits per heavy atom. The Labute approximate surface area is 125 Å². The van der Waals surface area contributed by atoms with Gasteiger partial charge in [-0.2, -0.15) is 5.10 Å². The molecular weight excluding hydrogens is 290 g/mol. The molecule has 8 heteroatoms. The van der Waals surface area contributed by atoms with E-state index in [0.717, 1.165) is 0 Å². The van der Waals surface area contributed by atoms with Gasteiger partial charge >= 0.3 is 5.97 Å². The highest BCUT2D eigenvalue weighted by Gasteiger charge is 2.25. The van der Waals surface area contributed by atoms with Gasteiger partial charge in [0.05, 0.1) is 28.1 Å². The van der Waals surface area contributed by atoms with E-state index in [1.54, 1.807) is 6.92 Å². The van der Waals surface area contributed by atoms with E-state index in [-0.39, 0.29) is 11.3 Å². The molecule has 22 heavy (non-hydrogen) atoms. The molecule has 1 aromatic heterocycles. The van der Waals surface area contributed by atoms with Crippen LogP contribution >= 0.6 is 0 Å². The molecule has 1 N–H and O–H groups in total.